The van der Waals surface area contributed by atoms with Crippen LogP contribution in [0.5, 0.6) is 0 Å². The summed E-state index contributed by atoms with van der Waals surface area (Å²) in [7, 11) is -3.15. The van der Waals surface area contributed by atoms with Gasteiger partial charge in [0, 0.05) is 43.4 Å². The van der Waals surface area contributed by atoms with Gasteiger partial charge in [-0.1, -0.05) is 0 Å². The molecular formula is C14H23N5O2S. The number of hydrogen-bond acceptors (Lipinski definition) is 6. The topological polar surface area (TPSA) is 101 Å². The van der Waals surface area contributed by atoms with Crippen molar-refractivity contribution < 1.29 is 8.42 Å². The van der Waals surface area contributed by atoms with Crippen LogP contribution in [0.1, 0.15) is 37.3 Å². The zero-order chi connectivity index (χ0) is 15.6. The summed E-state index contributed by atoms with van der Waals surface area (Å²) in [4.78, 5) is 8.44. The summed E-state index contributed by atoms with van der Waals surface area (Å²) in [5.74, 6) is 1.19. The van der Waals surface area contributed by atoms with Crippen molar-refractivity contribution in [2.75, 3.05) is 30.7 Å². The van der Waals surface area contributed by atoms with Gasteiger partial charge in [-0.2, -0.15) is 0 Å². The highest BCUT2D eigenvalue weighted by molar-refractivity contribution is 7.89. The maximum absolute atomic E-state index is 12.1. The first kappa shape index (κ1) is 15.6. The van der Waals surface area contributed by atoms with E-state index in [-0.39, 0.29) is 11.8 Å². The summed E-state index contributed by atoms with van der Waals surface area (Å²) < 4.78 is 25.8. The molecule has 0 unspecified atom stereocenters. The van der Waals surface area contributed by atoms with E-state index in [1.807, 2.05) is 6.07 Å². The quantitative estimate of drug-likeness (QED) is 0.791. The molecule has 1 aliphatic carbocycles. The minimum Gasteiger partial charge on any atom is -0.369 e. The summed E-state index contributed by atoms with van der Waals surface area (Å²) in [6.07, 6.45) is 5.37. The van der Waals surface area contributed by atoms with Crippen molar-refractivity contribution in [3.8, 4) is 0 Å². The predicted molar refractivity (Wildman–Crippen MR) is 85.1 cm³/mol. The van der Waals surface area contributed by atoms with Gasteiger partial charge in [0.05, 0.1) is 5.75 Å². The van der Waals surface area contributed by atoms with Gasteiger partial charge in [0.2, 0.25) is 10.0 Å². The SMILES string of the molecule is NC1CC(c2cc(NCCS(=O)(=O)N3CCCC3)ncn2)C1. The van der Waals surface area contributed by atoms with E-state index in [0.29, 0.717) is 31.4 Å². The molecule has 0 spiro atoms. The lowest BCUT2D eigenvalue weighted by atomic mass is 9.79. The number of nitrogens with two attached hydrogens (primary N) is 1. The Kier molecular flexibility index (Phi) is 4.60. The molecule has 1 saturated heterocycles. The number of hydrogen-bond donors (Lipinski definition) is 2. The second kappa shape index (κ2) is 6.47. The predicted octanol–water partition coefficient (Wildman–Crippen LogP) is 0.519. The van der Waals surface area contributed by atoms with Gasteiger partial charge >= 0.3 is 0 Å². The molecule has 122 valence electrons. The van der Waals surface area contributed by atoms with Gasteiger partial charge in [0.15, 0.2) is 0 Å². The van der Waals surface area contributed by atoms with Crippen LogP contribution >= 0.6 is 0 Å². The number of anilines is 1. The van der Waals surface area contributed by atoms with Gasteiger partial charge in [-0.3, -0.25) is 0 Å². The largest absolute Gasteiger partial charge is 0.369 e. The van der Waals surface area contributed by atoms with E-state index in [1.54, 1.807) is 4.31 Å². The van der Waals surface area contributed by atoms with Crippen molar-refractivity contribution in [3.63, 3.8) is 0 Å². The maximum atomic E-state index is 12.1. The Morgan fingerprint density at radius 2 is 2.00 bits per heavy atom. The number of sulfonamides is 1. The summed E-state index contributed by atoms with van der Waals surface area (Å²) in [5, 5.41) is 3.09. The van der Waals surface area contributed by atoms with Crippen molar-refractivity contribution in [2.45, 2.75) is 37.6 Å². The van der Waals surface area contributed by atoms with E-state index >= 15 is 0 Å². The lowest BCUT2D eigenvalue weighted by Gasteiger charge is -2.31. The first-order valence-corrected chi connectivity index (χ1v) is 9.45. The van der Waals surface area contributed by atoms with Crippen molar-refractivity contribution in [2.24, 2.45) is 5.73 Å². The zero-order valence-electron chi connectivity index (χ0n) is 12.6. The van der Waals surface area contributed by atoms with Gasteiger partial charge in [-0.05, 0) is 25.7 Å². The molecule has 0 radical (unpaired) electrons. The third-order valence-electron chi connectivity index (χ3n) is 4.41. The van der Waals surface area contributed by atoms with E-state index in [1.165, 1.54) is 6.33 Å². The van der Waals surface area contributed by atoms with E-state index in [2.05, 4.69) is 15.3 Å². The molecule has 1 aromatic heterocycles. The molecule has 2 aliphatic rings. The fourth-order valence-corrected chi connectivity index (χ4v) is 4.43. The Bertz CT molecular complexity index is 609. The molecule has 2 heterocycles. The van der Waals surface area contributed by atoms with Gasteiger partial charge in [-0.25, -0.2) is 22.7 Å². The highest BCUT2D eigenvalue weighted by Gasteiger charge is 2.28. The molecule has 1 aliphatic heterocycles. The van der Waals surface area contributed by atoms with Crippen LogP contribution in [-0.2, 0) is 10.0 Å². The van der Waals surface area contributed by atoms with Crippen LogP contribution in [0.15, 0.2) is 12.4 Å². The van der Waals surface area contributed by atoms with E-state index in [9.17, 15) is 8.42 Å². The Morgan fingerprint density at radius 3 is 2.68 bits per heavy atom. The normalized spacial score (nSPS) is 25.9. The lowest BCUT2D eigenvalue weighted by Crippen LogP contribution is -2.35. The minimum atomic E-state index is -3.15. The van der Waals surface area contributed by atoms with Crippen LogP contribution < -0.4 is 11.1 Å². The summed E-state index contributed by atoms with van der Waals surface area (Å²) in [5.41, 5.74) is 6.79. The molecule has 1 aromatic rings. The first-order valence-electron chi connectivity index (χ1n) is 7.84. The van der Waals surface area contributed by atoms with Crippen LogP contribution in [0.4, 0.5) is 5.82 Å². The molecule has 3 N–H and O–H groups in total. The minimum absolute atomic E-state index is 0.0979. The monoisotopic (exact) mass is 325 g/mol. The summed E-state index contributed by atoms with van der Waals surface area (Å²) in [6.45, 7) is 1.67. The van der Waals surface area contributed by atoms with Crippen molar-refractivity contribution in [3.05, 3.63) is 18.1 Å². The Labute approximate surface area is 131 Å². The van der Waals surface area contributed by atoms with Crippen molar-refractivity contribution in [1.82, 2.24) is 14.3 Å². The number of rotatable bonds is 6. The molecule has 0 amide bonds. The summed E-state index contributed by atoms with van der Waals surface area (Å²) >= 11 is 0. The van der Waals surface area contributed by atoms with Crippen LogP contribution in [-0.4, -0.2) is 54.1 Å². The highest BCUT2D eigenvalue weighted by atomic mass is 32.2. The van der Waals surface area contributed by atoms with E-state index in [0.717, 1.165) is 31.4 Å². The Balaban J connectivity index is 1.52. The van der Waals surface area contributed by atoms with Crippen LogP contribution in [0.3, 0.4) is 0 Å². The molecule has 1 saturated carbocycles. The van der Waals surface area contributed by atoms with E-state index < -0.39 is 10.0 Å². The first-order chi connectivity index (χ1) is 10.5. The third-order valence-corrected chi connectivity index (χ3v) is 6.28. The van der Waals surface area contributed by atoms with Gasteiger partial charge in [0.25, 0.3) is 0 Å². The molecule has 2 fully saturated rings. The maximum Gasteiger partial charge on any atom is 0.215 e. The zero-order valence-corrected chi connectivity index (χ0v) is 13.4. The smallest absolute Gasteiger partial charge is 0.215 e. The van der Waals surface area contributed by atoms with Crippen molar-refractivity contribution >= 4 is 15.8 Å². The molecule has 8 heteroatoms. The Morgan fingerprint density at radius 1 is 1.27 bits per heavy atom. The molecule has 3 rings (SSSR count). The average molecular weight is 325 g/mol. The lowest BCUT2D eigenvalue weighted by molar-refractivity contribution is 0.345. The fourth-order valence-electron chi connectivity index (χ4n) is 3.00. The van der Waals surface area contributed by atoms with Crippen LogP contribution in [0.2, 0.25) is 0 Å². The number of nitrogens with one attached hydrogen (secondary N) is 1. The standard InChI is InChI=1S/C14H23N5O2S/c15-12-7-11(8-12)13-9-14(18-10-17-13)16-3-6-22(20,21)19-4-1-2-5-19/h9-12H,1-8,15H2,(H,16,17,18). The highest BCUT2D eigenvalue weighted by Crippen LogP contribution is 2.34. The molecule has 0 aromatic carbocycles. The van der Waals surface area contributed by atoms with Crippen LogP contribution in [0.25, 0.3) is 0 Å². The van der Waals surface area contributed by atoms with Crippen LogP contribution in [0, 0.1) is 0 Å². The van der Waals surface area contributed by atoms with Gasteiger partial charge < -0.3 is 11.1 Å². The molecule has 0 bridgehead atoms. The third kappa shape index (κ3) is 3.56. The van der Waals surface area contributed by atoms with Gasteiger partial charge in [-0.15, -0.1) is 0 Å². The Hall–Kier alpha value is -1.25. The van der Waals surface area contributed by atoms with Gasteiger partial charge in [0.1, 0.15) is 12.1 Å². The molecule has 7 nitrogen and oxygen atoms in total. The average Bonchev–Trinajstić information content (AvgIpc) is 2.99. The number of aromatic nitrogens is 2. The summed E-state index contributed by atoms with van der Waals surface area (Å²) in [6, 6.07) is 2.18. The van der Waals surface area contributed by atoms with E-state index in [4.69, 9.17) is 5.73 Å². The molecular weight excluding hydrogens is 302 g/mol. The molecule has 0 atom stereocenters. The number of nitrogens with zero attached hydrogens (tertiary/aromatic N) is 3. The molecule has 22 heavy (non-hydrogen) atoms. The fraction of sp³-hybridized carbons (Fsp3) is 0.714. The van der Waals surface area contributed by atoms with Crippen molar-refractivity contribution in [1.29, 1.82) is 0 Å². The second-order valence-electron chi connectivity index (χ2n) is 6.11. The second-order valence-corrected chi connectivity index (χ2v) is 8.19.